The molecule has 0 spiro atoms. The highest BCUT2D eigenvalue weighted by Crippen LogP contribution is 2.18. The van der Waals surface area contributed by atoms with Crippen LogP contribution < -0.4 is 9.47 Å². The molecule has 2 rings (SSSR count). The summed E-state index contributed by atoms with van der Waals surface area (Å²) in [5.74, 6) is 0.934. The molecule has 0 unspecified atom stereocenters. The molecule has 142 valence electrons. The Morgan fingerprint density at radius 2 is 1.54 bits per heavy atom. The Morgan fingerprint density at radius 3 is 2.08 bits per heavy atom. The number of nitrogens with zero attached hydrogens (tertiary/aromatic N) is 2. The van der Waals surface area contributed by atoms with Gasteiger partial charge in [0.05, 0.1) is 19.5 Å². The number of carboxylic acid groups (broad SMARTS) is 1. The van der Waals surface area contributed by atoms with E-state index in [-0.39, 0.29) is 6.42 Å². The molecule has 2 aromatic rings. The van der Waals surface area contributed by atoms with Crippen LogP contribution in [-0.4, -0.2) is 33.8 Å². The number of carboxylic acids is 1. The summed E-state index contributed by atoms with van der Waals surface area (Å²) in [5.41, 5.74) is 0. The summed E-state index contributed by atoms with van der Waals surface area (Å²) in [6.45, 7) is 2.33. The van der Waals surface area contributed by atoms with Crippen LogP contribution in [0.25, 0.3) is 0 Å². The van der Waals surface area contributed by atoms with E-state index in [1.54, 1.807) is 6.20 Å². The number of aromatic nitrogens is 2. The highest BCUT2D eigenvalue weighted by atomic mass is 16.5. The summed E-state index contributed by atoms with van der Waals surface area (Å²) < 4.78 is 13.5. The van der Waals surface area contributed by atoms with Gasteiger partial charge in [0, 0.05) is 25.4 Å². The van der Waals surface area contributed by atoms with Crippen LogP contribution in [0.5, 0.6) is 11.5 Å². The number of aliphatic carboxylic acids is 1. The van der Waals surface area contributed by atoms with Gasteiger partial charge in [-0.05, 0) is 62.8 Å². The fraction of sp³-hybridized carbons (Fsp3) is 0.500. The van der Waals surface area contributed by atoms with Crippen LogP contribution in [0.4, 0.5) is 0 Å². The molecule has 1 aromatic heterocycles. The van der Waals surface area contributed by atoms with Crippen molar-refractivity contribution in [1.82, 2.24) is 9.55 Å². The summed E-state index contributed by atoms with van der Waals surface area (Å²) >= 11 is 0. The van der Waals surface area contributed by atoms with E-state index in [0.717, 1.165) is 50.1 Å². The Kier molecular flexibility index (Phi) is 9.11. The molecule has 0 aliphatic carbocycles. The highest BCUT2D eigenvalue weighted by molar-refractivity contribution is 5.66. The molecular formula is C20H28N2O4. The summed E-state index contributed by atoms with van der Waals surface area (Å²) in [5, 5.41) is 8.57. The molecule has 0 saturated carbocycles. The molecule has 1 N–H and O–H groups in total. The van der Waals surface area contributed by atoms with Crippen molar-refractivity contribution < 1.29 is 19.4 Å². The van der Waals surface area contributed by atoms with Crippen LogP contribution in [0.1, 0.15) is 44.9 Å². The zero-order chi connectivity index (χ0) is 18.5. The summed E-state index contributed by atoms with van der Waals surface area (Å²) in [6.07, 6.45) is 11.6. The second-order valence-electron chi connectivity index (χ2n) is 6.23. The average molecular weight is 360 g/mol. The maximum absolute atomic E-state index is 10.4. The van der Waals surface area contributed by atoms with Crippen LogP contribution >= 0.6 is 0 Å². The average Bonchev–Trinajstić information content (AvgIpc) is 3.15. The van der Waals surface area contributed by atoms with Crippen molar-refractivity contribution in [2.45, 2.75) is 51.5 Å². The third-order valence-corrected chi connectivity index (χ3v) is 4.02. The zero-order valence-corrected chi connectivity index (χ0v) is 15.2. The Hall–Kier alpha value is -2.50. The third kappa shape index (κ3) is 8.55. The number of carbonyl (C=O) groups is 1. The minimum atomic E-state index is -0.736. The molecular weight excluding hydrogens is 332 g/mol. The lowest BCUT2D eigenvalue weighted by atomic mass is 10.2. The van der Waals surface area contributed by atoms with E-state index in [1.165, 1.54) is 0 Å². The minimum Gasteiger partial charge on any atom is -0.494 e. The smallest absolute Gasteiger partial charge is 0.303 e. The van der Waals surface area contributed by atoms with E-state index in [0.29, 0.717) is 19.6 Å². The van der Waals surface area contributed by atoms with Gasteiger partial charge in [0.25, 0.3) is 0 Å². The number of hydrogen-bond acceptors (Lipinski definition) is 4. The van der Waals surface area contributed by atoms with E-state index >= 15 is 0 Å². The van der Waals surface area contributed by atoms with Crippen LogP contribution in [0, 0.1) is 0 Å². The molecule has 0 bridgehead atoms. The van der Waals surface area contributed by atoms with Crippen molar-refractivity contribution in [1.29, 1.82) is 0 Å². The predicted octanol–water partition coefficient (Wildman–Crippen LogP) is 4.16. The standard InChI is InChI=1S/C20H28N2O4/c23-20(24)7-3-1-5-15-25-18-8-10-19(11-9-18)26-16-6-2-4-13-22-14-12-21-17-22/h8-12,14,17H,1-7,13,15-16H2,(H,23,24). The highest BCUT2D eigenvalue weighted by Gasteiger charge is 1.99. The quantitative estimate of drug-likeness (QED) is 0.512. The molecule has 0 aliphatic heterocycles. The molecule has 0 amide bonds. The van der Waals surface area contributed by atoms with Crippen LogP contribution in [-0.2, 0) is 11.3 Å². The predicted molar refractivity (Wildman–Crippen MR) is 99.6 cm³/mol. The molecule has 6 nitrogen and oxygen atoms in total. The first-order valence-electron chi connectivity index (χ1n) is 9.27. The Morgan fingerprint density at radius 1 is 0.923 bits per heavy atom. The van der Waals surface area contributed by atoms with Gasteiger partial charge in [-0.2, -0.15) is 0 Å². The maximum Gasteiger partial charge on any atom is 0.303 e. The fourth-order valence-corrected chi connectivity index (χ4v) is 2.56. The lowest BCUT2D eigenvalue weighted by molar-refractivity contribution is -0.137. The van der Waals surface area contributed by atoms with Gasteiger partial charge in [-0.3, -0.25) is 4.79 Å². The fourth-order valence-electron chi connectivity index (χ4n) is 2.56. The summed E-state index contributed by atoms with van der Waals surface area (Å²) in [7, 11) is 0. The minimum absolute atomic E-state index is 0.232. The van der Waals surface area contributed by atoms with Crippen molar-refractivity contribution in [3.63, 3.8) is 0 Å². The second kappa shape index (κ2) is 12.0. The van der Waals surface area contributed by atoms with Gasteiger partial charge in [-0.1, -0.05) is 0 Å². The van der Waals surface area contributed by atoms with Gasteiger partial charge in [0.1, 0.15) is 11.5 Å². The number of benzene rings is 1. The van der Waals surface area contributed by atoms with Gasteiger partial charge in [-0.15, -0.1) is 0 Å². The molecule has 26 heavy (non-hydrogen) atoms. The van der Waals surface area contributed by atoms with E-state index in [4.69, 9.17) is 14.6 Å². The first kappa shape index (κ1) is 19.8. The SMILES string of the molecule is O=C(O)CCCCCOc1ccc(OCCCCCn2ccnc2)cc1. The molecule has 0 atom stereocenters. The summed E-state index contributed by atoms with van der Waals surface area (Å²) in [4.78, 5) is 14.4. The number of ether oxygens (including phenoxy) is 2. The monoisotopic (exact) mass is 360 g/mol. The number of unbranched alkanes of at least 4 members (excludes halogenated alkanes) is 4. The number of aryl methyl sites for hydroxylation is 1. The van der Waals surface area contributed by atoms with Crippen LogP contribution in [0.15, 0.2) is 43.0 Å². The Labute approximate surface area is 154 Å². The second-order valence-corrected chi connectivity index (χ2v) is 6.23. The van der Waals surface area contributed by atoms with E-state index in [1.807, 2.05) is 36.8 Å². The van der Waals surface area contributed by atoms with Crippen LogP contribution in [0.2, 0.25) is 0 Å². The molecule has 0 aliphatic rings. The van der Waals surface area contributed by atoms with Crippen molar-refractivity contribution >= 4 is 5.97 Å². The molecule has 1 heterocycles. The lowest BCUT2D eigenvalue weighted by Crippen LogP contribution is -2.00. The maximum atomic E-state index is 10.4. The van der Waals surface area contributed by atoms with Crippen molar-refractivity contribution in [3.05, 3.63) is 43.0 Å². The molecule has 0 radical (unpaired) electrons. The Balaban J connectivity index is 1.49. The van der Waals surface area contributed by atoms with E-state index < -0.39 is 5.97 Å². The van der Waals surface area contributed by atoms with E-state index in [9.17, 15) is 4.79 Å². The van der Waals surface area contributed by atoms with Crippen LogP contribution in [0.3, 0.4) is 0 Å². The number of imidazole rings is 1. The first-order valence-corrected chi connectivity index (χ1v) is 9.27. The number of hydrogen-bond donors (Lipinski definition) is 1. The van der Waals surface area contributed by atoms with E-state index in [2.05, 4.69) is 9.55 Å². The van der Waals surface area contributed by atoms with Gasteiger partial charge >= 0.3 is 5.97 Å². The van der Waals surface area contributed by atoms with Gasteiger partial charge < -0.3 is 19.1 Å². The van der Waals surface area contributed by atoms with Gasteiger partial charge in [0.15, 0.2) is 0 Å². The van der Waals surface area contributed by atoms with Crippen molar-refractivity contribution in [2.75, 3.05) is 13.2 Å². The van der Waals surface area contributed by atoms with Gasteiger partial charge in [0.2, 0.25) is 0 Å². The van der Waals surface area contributed by atoms with Crippen molar-refractivity contribution in [2.24, 2.45) is 0 Å². The molecule has 0 saturated heterocycles. The third-order valence-electron chi connectivity index (χ3n) is 4.02. The van der Waals surface area contributed by atoms with Crippen molar-refractivity contribution in [3.8, 4) is 11.5 Å². The topological polar surface area (TPSA) is 73.6 Å². The molecule has 0 fully saturated rings. The van der Waals surface area contributed by atoms with Gasteiger partial charge in [-0.25, -0.2) is 4.98 Å². The molecule has 1 aromatic carbocycles. The normalized spacial score (nSPS) is 10.6. The lowest BCUT2D eigenvalue weighted by Gasteiger charge is -2.09. The number of rotatable bonds is 14. The first-order chi connectivity index (χ1) is 12.7. The molecule has 6 heteroatoms. The Bertz CT molecular complexity index is 611. The summed E-state index contributed by atoms with van der Waals surface area (Å²) in [6, 6.07) is 7.66. The zero-order valence-electron chi connectivity index (χ0n) is 15.2. The largest absolute Gasteiger partial charge is 0.494 e.